The largest absolute Gasteiger partial charge is 0.492 e. The van der Waals surface area contributed by atoms with Gasteiger partial charge < -0.3 is 4.74 Å². The molecule has 2 unspecified atom stereocenters. The number of fused-ring (bicyclic) bond motifs is 1. The molecule has 6 heteroatoms. The van der Waals surface area contributed by atoms with Gasteiger partial charge in [0.25, 0.3) is 5.24 Å². The van der Waals surface area contributed by atoms with Gasteiger partial charge in [0.05, 0.1) is 23.3 Å². The highest BCUT2D eigenvalue weighted by atomic mass is 32.2. The van der Waals surface area contributed by atoms with Crippen molar-refractivity contribution < 1.29 is 19.1 Å². The van der Waals surface area contributed by atoms with E-state index in [-0.39, 0.29) is 29.5 Å². The maximum absolute atomic E-state index is 12.4. The van der Waals surface area contributed by atoms with Crippen molar-refractivity contribution >= 4 is 28.7 Å². The number of amides is 2. The first-order valence-corrected chi connectivity index (χ1v) is 7.21. The summed E-state index contributed by atoms with van der Waals surface area (Å²) in [5.74, 6) is -0.111. The number of hydrogen-bond acceptors (Lipinski definition) is 5. The summed E-state index contributed by atoms with van der Waals surface area (Å²) in [6.45, 7) is 2.17. The summed E-state index contributed by atoms with van der Waals surface area (Å²) in [5, 5.41) is 1.39. The van der Waals surface area contributed by atoms with E-state index in [1.807, 2.05) is 13.0 Å². The number of thioether (sulfide) groups is 1. The van der Waals surface area contributed by atoms with Crippen molar-refractivity contribution in [3.63, 3.8) is 0 Å². The number of hydrogen-bond donors (Lipinski definition) is 1. The SMILES string of the molecule is Cc1ccc2c(c1)C(=O)C(CC1SC(=O)NC1=O)CO2. The molecule has 1 aromatic carbocycles. The van der Waals surface area contributed by atoms with E-state index in [4.69, 9.17) is 4.74 Å². The number of nitrogens with one attached hydrogen (secondary N) is 1. The van der Waals surface area contributed by atoms with Crippen LogP contribution in [-0.2, 0) is 4.79 Å². The molecule has 0 aromatic heterocycles. The van der Waals surface area contributed by atoms with Crippen LogP contribution in [0, 0.1) is 12.8 Å². The van der Waals surface area contributed by atoms with Gasteiger partial charge in [0, 0.05) is 0 Å². The van der Waals surface area contributed by atoms with E-state index < -0.39 is 5.25 Å². The average Bonchev–Trinajstić information content (AvgIpc) is 2.72. The number of ether oxygens (including phenoxy) is 1. The molecular weight excluding hydrogens is 278 g/mol. The fraction of sp³-hybridized carbons (Fsp3) is 0.357. The molecule has 20 heavy (non-hydrogen) atoms. The number of ketones is 1. The van der Waals surface area contributed by atoms with Gasteiger partial charge in [-0.05, 0) is 25.5 Å². The third kappa shape index (κ3) is 2.31. The first-order valence-electron chi connectivity index (χ1n) is 6.34. The normalized spacial score (nSPS) is 25.1. The standard InChI is InChI=1S/C14H13NO4S/c1-7-2-3-10-9(4-7)12(16)8(6-19-10)5-11-13(17)15-14(18)20-11/h2-4,8,11H,5-6H2,1H3,(H,15,17,18). The zero-order chi connectivity index (χ0) is 14.3. The number of rotatable bonds is 2. The zero-order valence-corrected chi connectivity index (χ0v) is 11.7. The van der Waals surface area contributed by atoms with Gasteiger partial charge in [-0.15, -0.1) is 0 Å². The smallest absolute Gasteiger partial charge is 0.286 e. The molecule has 0 aliphatic carbocycles. The predicted octanol–water partition coefficient (Wildman–Crippen LogP) is 1.93. The van der Waals surface area contributed by atoms with Gasteiger partial charge in [0.15, 0.2) is 5.78 Å². The summed E-state index contributed by atoms with van der Waals surface area (Å²) in [5.41, 5.74) is 1.56. The Morgan fingerprint density at radius 3 is 2.85 bits per heavy atom. The molecule has 1 N–H and O–H groups in total. The van der Waals surface area contributed by atoms with Crippen LogP contribution in [-0.4, -0.2) is 28.8 Å². The van der Waals surface area contributed by atoms with Crippen LogP contribution in [0.15, 0.2) is 18.2 Å². The lowest BCUT2D eigenvalue weighted by molar-refractivity contribution is -0.119. The van der Waals surface area contributed by atoms with E-state index in [2.05, 4.69) is 5.32 Å². The summed E-state index contributed by atoms with van der Waals surface area (Å²) in [4.78, 5) is 35.1. The van der Waals surface area contributed by atoms with E-state index in [0.29, 0.717) is 17.7 Å². The lowest BCUT2D eigenvalue weighted by Crippen LogP contribution is -2.33. The first-order chi connectivity index (χ1) is 9.54. The van der Waals surface area contributed by atoms with Gasteiger partial charge in [-0.1, -0.05) is 23.4 Å². The van der Waals surface area contributed by atoms with Gasteiger partial charge in [-0.2, -0.15) is 0 Å². The van der Waals surface area contributed by atoms with Crippen LogP contribution in [0.25, 0.3) is 0 Å². The highest BCUT2D eigenvalue weighted by Crippen LogP contribution is 2.33. The van der Waals surface area contributed by atoms with Crippen LogP contribution < -0.4 is 10.1 Å². The predicted molar refractivity (Wildman–Crippen MR) is 74.0 cm³/mol. The second-order valence-corrected chi connectivity index (χ2v) is 6.17. The van der Waals surface area contributed by atoms with Gasteiger partial charge in [0.2, 0.25) is 5.91 Å². The molecular formula is C14H13NO4S. The Kier molecular flexibility index (Phi) is 3.25. The summed E-state index contributed by atoms with van der Waals surface area (Å²) < 4.78 is 5.59. The van der Waals surface area contributed by atoms with Crippen LogP contribution in [0.3, 0.4) is 0 Å². The Labute approximate surface area is 120 Å². The van der Waals surface area contributed by atoms with E-state index in [0.717, 1.165) is 17.3 Å². The van der Waals surface area contributed by atoms with E-state index >= 15 is 0 Å². The van der Waals surface area contributed by atoms with Crippen LogP contribution in [0.4, 0.5) is 4.79 Å². The first kappa shape index (κ1) is 13.2. The van der Waals surface area contributed by atoms with Crippen molar-refractivity contribution in [1.29, 1.82) is 0 Å². The molecule has 0 bridgehead atoms. The molecule has 0 spiro atoms. The minimum Gasteiger partial charge on any atom is -0.492 e. The number of carbonyl (C=O) groups is 3. The quantitative estimate of drug-likeness (QED) is 0.901. The summed E-state index contributed by atoms with van der Waals surface area (Å²) in [6.07, 6.45) is 0.328. The molecule has 1 saturated heterocycles. The highest BCUT2D eigenvalue weighted by molar-refractivity contribution is 8.15. The van der Waals surface area contributed by atoms with Crippen molar-refractivity contribution in [2.75, 3.05) is 6.61 Å². The van der Waals surface area contributed by atoms with Crippen LogP contribution in [0.5, 0.6) is 5.75 Å². The minimum atomic E-state index is -0.494. The Bertz CT molecular complexity index is 613. The van der Waals surface area contributed by atoms with Gasteiger partial charge in [0.1, 0.15) is 5.75 Å². The number of imide groups is 1. The Hall–Kier alpha value is -1.82. The fourth-order valence-electron chi connectivity index (χ4n) is 2.43. The van der Waals surface area contributed by atoms with Gasteiger partial charge >= 0.3 is 0 Å². The molecule has 2 aliphatic rings. The van der Waals surface area contributed by atoms with Crippen LogP contribution >= 0.6 is 11.8 Å². The molecule has 3 rings (SSSR count). The van der Waals surface area contributed by atoms with E-state index in [9.17, 15) is 14.4 Å². The molecule has 1 fully saturated rings. The second-order valence-electron chi connectivity index (χ2n) is 4.99. The molecule has 0 saturated carbocycles. The van der Waals surface area contributed by atoms with E-state index in [1.165, 1.54) is 0 Å². The molecule has 2 aliphatic heterocycles. The molecule has 2 amide bonds. The van der Waals surface area contributed by atoms with Crippen molar-refractivity contribution in [2.45, 2.75) is 18.6 Å². The zero-order valence-electron chi connectivity index (χ0n) is 10.8. The van der Waals surface area contributed by atoms with Crippen molar-refractivity contribution in [3.8, 4) is 5.75 Å². The monoisotopic (exact) mass is 291 g/mol. The summed E-state index contributed by atoms with van der Waals surface area (Å²) in [7, 11) is 0. The maximum Gasteiger partial charge on any atom is 0.286 e. The summed E-state index contributed by atoms with van der Waals surface area (Å²) in [6, 6.07) is 5.49. The Balaban J connectivity index is 1.78. The number of aryl methyl sites for hydroxylation is 1. The lowest BCUT2D eigenvalue weighted by atomic mass is 9.90. The Morgan fingerprint density at radius 1 is 1.35 bits per heavy atom. The molecule has 5 nitrogen and oxygen atoms in total. The minimum absolute atomic E-state index is 0.0114. The molecule has 1 aromatic rings. The van der Waals surface area contributed by atoms with Crippen LogP contribution in [0.1, 0.15) is 22.3 Å². The Morgan fingerprint density at radius 2 is 2.15 bits per heavy atom. The molecule has 2 heterocycles. The molecule has 104 valence electrons. The lowest BCUT2D eigenvalue weighted by Gasteiger charge is -2.25. The number of Topliss-reactive ketones (excluding diaryl/α,β-unsaturated/α-hetero) is 1. The van der Waals surface area contributed by atoms with Crippen LogP contribution in [0.2, 0.25) is 0 Å². The summed E-state index contributed by atoms with van der Waals surface area (Å²) >= 11 is 0.946. The van der Waals surface area contributed by atoms with Gasteiger partial charge in [-0.25, -0.2) is 0 Å². The maximum atomic E-state index is 12.4. The number of carbonyl (C=O) groups excluding carboxylic acids is 3. The number of benzene rings is 1. The highest BCUT2D eigenvalue weighted by Gasteiger charge is 2.38. The topological polar surface area (TPSA) is 72.5 Å². The molecule has 2 atom stereocenters. The third-order valence-electron chi connectivity index (χ3n) is 3.48. The third-order valence-corrected chi connectivity index (χ3v) is 4.48. The molecule has 0 radical (unpaired) electrons. The second kappa shape index (κ2) is 4.94. The van der Waals surface area contributed by atoms with Gasteiger partial charge in [-0.3, -0.25) is 19.7 Å². The van der Waals surface area contributed by atoms with E-state index in [1.54, 1.807) is 12.1 Å². The fourth-order valence-corrected chi connectivity index (χ4v) is 3.34. The average molecular weight is 291 g/mol. The van der Waals surface area contributed by atoms with Crippen molar-refractivity contribution in [2.24, 2.45) is 5.92 Å². The van der Waals surface area contributed by atoms with Crippen molar-refractivity contribution in [3.05, 3.63) is 29.3 Å². The van der Waals surface area contributed by atoms with Crippen molar-refractivity contribution in [1.82, 2.24) is 5.32 Å².